The van der Waals surface area contributed by atoms with Crippen molar-refractivity contribution in [3.8, 4) is 0 Å². The molecule has 1 atom stereocenters. The molecule has 0 aliphatic carbocycles. The number of benzene rings is 1. The van der Waals surface area contributed by atoms with E-state index in [0.29, 0.717) is 12.0 Å². The molecule has 0 radical (unpaired) electrons. The Labute approximate surface area is 102 Å². The molecule has 16 heavy (non-hydrogen) atoms. The summed E-state index contributed by atoms with van der Waals surface area (Å²) in [5.74, 6) is 0.677. The number of halogens is 1. The molecule has 0 fully saturated rings. The van der Waals surface area contributed by atoms with E-state index in [-0.39, 0.29) is 0 Å². The summed E-state index contributed by atoms with van der Waals surface area (Å²) in [4.78, 5) is 0. The molecular formula is C13H19ClN2. The number of hydrogen-bond acceptors (Lipinski definition) is 2. The summed E-state index contributed by atoms with van der Waals surface area (Å²) in [5, 5.41) is 7.75. The van der Waals surface area contributed by atoms with Crippen molar-refractivity contribution >= 4 is 17.3 Å². The molecule has 0 spiro atoms. The van der Waals surface area contributed by atoms with Crippen LogP contribution in [0.4, 0.5) is 5.69 Å². The highest BCUT2D eigenvalue weighted by Gasteiger charge is 2.18. The number of fused-ring (bicyclic) bond motifs is 1. The molecule has 0 saturated carbocycles. The summed E-state index contributed by atoms with van der Waals surface area (Å²) < 4.78 is 0. The Bertz CT molecular complexity index is 363. The molecule has 1 aromatic carbocycles. The van der Waals surface area contributed by atoms with Gasteiger partial charge in [-0.2, -0.15) is 0 Å². The van der Waals surface area contributed by atoms with Gasteiger partial charge in [-0.25, -0.2) is 0 Å². The maximum atomic E-state index is 5.96. The van der Waals surface area contributed by atoms with Crippen LogP contribution in [0.5, 0.6) is 0 Å². The Morgan fingerprint density at radius 1 is 1.50 bits per heavy atom. The number of hydrogen-bond donors (Lipinski definition) is 2. The van der Waals surface area contributed by atoms with Crippen LogP contribution in [0.3, 0.4) is 0 Å². The Morgan fingerprint density at radius 2 is 2.31 bits per heavy atom. The minimum absolute atomic E-state index is 0.562. The van der Waals surface area contributed by atoms with Gasteiger partial charge in [0.1, 0.15) is 0 Å². The van der Waals surface area contributed by atoms with Gasteiger partial charge in [-0.3, -0.25) is 0 Å². The fourth-order valence-electron chi connectivity index (χ4n) is 2.08. The highest BCUT2D eigenvalue weighted by molar-refractivity contribution is 6.30. The van der Waals surface area contributed by atoms with E-state index in [9.17, 15) is 0 Å². The smallest absolute Gasteiger partial charge is 0.0426 e. The van der Waals surface area contributed by atoms with E-state index >= 15 is 0 Å². The Hall–Kier alpha value is -0.730. The SMILES string of the molecule is CC(C)NCC1CNc2cc(Cl)ccc2C1. The van der Waals surface area contributed by atoms with Gasteiger partial charge in [0.05, 0.1) is 0 Å². The molecule has 1 aliphatic heterocycles. The fourth-order valence-corrected chi connectivity index (χ4v) is 2.25. The summed E-state index contributed by atoms with van der Waals surface area (Å²) in [5.41, 5.74) is 2.58. The summed E-state index contributed by atoms with van der Waals surface area (Å²) in [7, 11) is 0. The molecule has 0 bridgehead atoms. The lowest BCUT2D eigenvalue weighted by Crippen LogP contribution is -2.35. The molecule has 0 amide bonds. The van der Waals surface area contributed by atoms with Gasteiger partial charge in [0, 0.05) is 29.8 Å². The van der Waals surface area contributed by atoms with Crippen molar-refractivity contribution in [3.05, 3.63) is 28.8 Å². The van der Waals surface area contributed by atoms with E-state index in [2.05, 4.69) is 30.5 Å². The third-order valence-electron chi connectivity index (χ3n) is 2.98. The minimum atomic E-state index is 0.562. The van der Waals surface area contributed by atoms with Gasteiger partial charge in [-0.1, -0.05) is 31.5 Å². The summed E-state index contributed by atoms with van der Waals surface area (Å²) >= 11 is 5.96. The second-order valence-corrected chi connectivity index (χ2v) is 5.25. The summed E-state index contributed by atoms with van der Waals surface area (Å²) in [6.45, 7) is 6.48. The van der Waals surface area contributed by atoms with Crippen molar-refractivity contribution in [2.75, 3.05) is 18.4 Å². The van der Waals surface area contributed by atoms with E-state index in [4.69, 9.17) is 11.6 Å². The summed E-state index contributed by atoms with van der Waals surface area (Å²) in [6, 6.07) is 6.68. The van der Waals surface area contributed by atoms with E-state index in [1.807, 2.05) is 12.1 Å². The van der Waals surface area contributed by atoms with E-state index in [1.54, 1.807) is 0 Å². The fraction of sp³-hybridized carbons (Fsp3) is 0.538. The Kier molecular flexibility index (Phi) is 3.72. The van der Waals surface area contributed by atoms with Gasteiger partial charge in [-0.05, 0) is 30.0 Å². The predicted octanol–water partition coefficient (Wildman–Crippen LogP) is 2.92. The largest absolute Gasteiger partial charge is 0.384 e. The van der Waals surface area contributed by atoms with E-state index in [1.165, 1.54) is 11.3 Å². The zero-order valence-corrected chi connectivity index (χ0v) is 10.6. The molecule has 1 heterocycles. The highest BCUT2D eigenvalue weighted by atomic mass is 35.5. The van der Waals surface area contributed by atoms with Crippen LogP contribution in [0.2, 0.25) is 5.02 Å². The maximum Gasteiger partial charge on any atom is 0.0426 e. The van der Waals surface area contributed by atoms with E-state index < -0.39 is 0 Å². The van der Waals surface area contributed by atoms with Gasteiger partial charge in [-0.15, -0.1) is 0 Å². The normalized spacial score (nSPS) is 19.4. The average molecular weight is 239 g/mol. The highest BCUT2D eigenvalue weighted by Crippen LogP contribution is 2.27. The molecule has 3 heteroatoms. The topological polar surface area (TPSA) is 24.1 Å². The van der Waals surface area contributed by atoms with Gasteiger partial charge in [0.2, 0.25) is 0 Å². The van der Waals surface area contributed by atoms with Crippen LogP contribution in [-0.4, -0.2) is 19.1 Å². The molecule has 88 valence electrons. The third kappa shape index (κ3) is 2.89. The molecule has 2 rings (SSSR count). The predicted molar refractivity (Wildman–Crippen MR) is 70.3 cm³/mol. The second-order valence-electron chi connectivity index (χ2n) is 4.82. The maximum absolute atomic E-state index is 5.96. The zero-order valence-electron chi connectivity index (χ0n) is 9.89. The Morgan fingerprint density at radius 3 is 3.06 bits per heavy atom. The van der Waals surface area contributed by atoms with Crippen LogP contribution in [0.15, 0.2) is 18.2 Å². The van der Waals surface area contributed by atoms with E-state index in [0.717, 1.165) is 24.5 Å². The summed E-state index contributed by atoms with van der Waals surface area (Å²) in [6.07, 6.45) is 1.14. The molecule has 2 N–H and O–H groups in total. The van der Waals surface area contributed by atoms with Crippen molar-refractivity contribution < 1.29 is 0 Å². The quantitative estimate of drug-likeness (QED) is 0.846. The van der Waals surface area contributed by atoms with Crippen LogP contribution in [0.25, 0.3) is 0 Å². The number of rotatable bonds is 3. The van der Waals surface area contributed by atoms with Gasteiger partial charge in [0.15, 0.2) is 0 Å². The van der Waals surface area contributed by atoms with Gasteiger partial charge in [0.25, 0.3) is 0 Å². The number of nitrogens with one attached hydrogen (secondary N) is 2. The van der Waals surface area contributed by atoms with Crippen molar-refractivity contribution in [2.45, 2.75) is 26.3 Å². The first-order valence-electron chi connectivity index (χ1n) is 5.91. The number of anilines is 1. The van der Waals surface area contributed by atoms with Crippen LogP contribution < -0.4 is 10.6 Å². The molecule has 1 aromatic rings. The first-order valence-corrected chi connectivity index (χ1v) is 6.28. The lowest BCUT2D eigenvalue weighted by molar-refractivity contribution is 0.455. The first-order chi connectivity index (χ1) is 7.65. The molecule has 0 saturated heterocycles. The monoisotopic (exact) mass is 238 g/mol. The minimum Gasteiger partial charge on any atom is -0.384 e. The van der Waals surface area contributed by atoms with Crippen molar-refractivity contribution in [3.63, 3.8) is 0 Å². The van der Waals surface area contributed by atoms with Crippen LogP contribution in [0, 0.1) is 5.92 Å². The Balaban J connectivity index is 1.98. The van der Waals surface area contributed by atoms with Crippen LogP contribution >= 0.6 is 11.6 Å². The standard InChI is InChI=1S/C13H19ClN2/c1-9(2)15-7-10-5-11-3-4-12(14)6-13(11)16-8-10/h3-4,6,9-10,15-16H,5,7-8H2,1-2H3. The molecule has 2 nitrogen and oxygen atoms in total. The van der Waals surface area contributed by atoms with Crippen molar-refractivity contribution in [2.24, 2.45) is 5.92 Å². The van der Waals surface area contributed by atoms with Gasteiger partial charge >= 0.3 is 0 Å². The van der Waals surface area contributed by atoms with Crippen molar-refractivity contribution in [1.82, 2.24) is 5.32 Å². The van der Waals surface area contributed by atoms with Crippen LogP contribution in [0.1, 0.15) is 19.4 Å². The first kappa shape index (κ1) is 11.7. The average Bonchev–Trinajstić information content (AvgIpc) is 2.26. The third-order valence-corrected chi connectivity index (χ3v) is 3.21. The molecule has 1 aliphatic rings. The second kappa shape index (κ2) is 5.07. The molecule has 0 aromatic heterocycles. The lowest BCUT2D eigenvalue weighted by Gasteiger charge is -2.27. The zero-order chi connectivity index (χ0) is 11.5. The van der Waals surface area contributed by atoms with Crippen molar-refractivity contribution in [1.29, 1.82) is 0 Å². The van der Waals surface area contributed by atoms with Gasteiger partial charge < -0.3 is 10.6 Å². The molecular weight excluding hydrogens is 220 g/mol. The van der Waals surface area contributed by atoms with Crippen LogP contribution in [-0.2, 0) is 6.42 Å². The molecule has 1 unspecified atom stereocenters. The lowest BCUT2D eigenvalue weighted by atomic mass is 9.94.